The summed E-state index contributed by atoms with van der Waals surface area (Å²) in [5.74, 6) is 0.0669. The van der Waals surface area contributed by atoms with Crippen molar-refractivity contribution in [3.63, 3.8) is 0 Å². The number of benzene rings is 2. The number of nitrogens with zero attached hydrogens (tertiary/aromatic N) is 2. The molecule has 0 radical (unpaired) electrons. The van der Waals surface area contributed by atoms with Crippen LogP contribution in [0.15, 0.2) is 36.4 Å². The van der Waals surface area contributed by atoms with E-state index in [1.54, 1.807) is 13.0 Å². The number of hydrogen-bond acceptors (Lipinski definition) is 4. The van der Waals surface area contributed by atoms with E-state index in [1.807, 2.05) is 6.07 Å². The predicted octanol–water partition coefficient (Wildman–Crippen LogP) is 3.39. The first-order chi connectivity index (χ1) is 11.9. The average molecular weight is 343 g/mol. The Bertz CT molecular complexity index is 877. The van der Waals surface area contributed by atoms with Crippen molar-refractivity contribution in [2.24, 2.45) is 0 Å². The number of ether oxygens (including phenoxy) is 1. The summed E-state index contributed by atoms with van der Waals surface area (Å²) in [7, 11) is 0. The Morgan fingerprint density at radius 3 is 2.80 bits per heavy atom. The van der Waals surface area contributed by atoms with Gasteiger partial charge in [-0.3, -0.25) is 4.79 Å². The molecule has 0 saturated carbocycles. The van der Waals surface area contributed by atoms with E-state index < -0.39 is 12.5 Å². The summed E-state index contributed by atoms with van der Waals surface area (Å²) in [6, 6.07) is 10.8. The first-order valence-electron chi connectivity index (χ1n) is 7.59. The molecular formula is C18H15F2N3O2. The quantitative estimate of drug-likeness (QED) is 0.867. The zero-order valence-corrected chi connectivity index (χ0v) is 13.4. The Kier molecular flexibility index (Phi) is 4.28. The average Bonchev–Trinajstić information content (AvgIpc) is 2.59. The Balaban J connectivity index is 2.03. The molecule has 1 aliphatic rings. The SMILES string of the molecule is C[C@H]1Oc2cc(N)c(C#N)cc2N(Cc2cccc(C(F)F)c2)C1=O. The Morgan fingerprint density at radius 1 is 1.36 bits per heavy atom. The Hall–Kier alpha value is -3.14. The number of fused-ring (bicyclic) bond motifs is 1. The van der Waals surface area contributed by atoms with Crippen molar-refractivity contribution in [2.45, 2.75) is 26.0 Å². The minimum atomic E-state index is -2.59. The maximum Gasteiger partial charge on any atom is 0.268 e. The number of rotatable bonds is 3. The van der Waals surface area contributed by atoms with Crippen LogP contribution in [0.4, 0.5) is 20.2 Å². The molecular weight excluding hydrogens is 328 g/mol. The number of carbonyl (C=O) groups excluding carboxylic acids is 1. The van der Waals surface area contributed by atoms with Crippen LogP contribution in [0.3, 0.4) is 0 Å². The van der Waals surface area contributed by atoms with Crippen molar-refractivity contribution >= 4 is 17.3 Å². The van der Waals surface area contributed by atoms with Crippen LogP contribution >= 0.6 is 0 Å². The molecule has 0 aromatic heterocycles. The van der Waals surface area contributed by atoms with Crippen LogP contribution in [0.2, 0.25) is 0 Å². The van der Waals surface area contributed by atoms with Crippen LogP contribution in [0, 0.1) is 11.3 Å². The van der Waals surface area contributed by atoms with Gasteiger partial charge in [-0.05, 0) is 24.6 Å². The van der Waals surface area contributed by atoms with Gasteiger partial charge in [0.25, 0.3) is 12.3 Å². The van der Waals surface area contributed by atoms with Gasteiger partial charge in [-0.1, -0.05) is 18.2 Å². The molecule has 0 saturated heterocycles. The number of nitrogens with two attached hydrogens (primary N) is 1. The minimum absolute atomic E-state index is 0.0921. The summed E-state index contributed by atoms with van der Waals surface area (Å²) in [6.07, 6.45) is -3.32. The molecule has 1 amide bonds. The van der Waals surface area contributed by atoms with Gasteiger partial charge < -0.3 is 15.4 Å². The fraction of sp³-hybridized carbons (Fsp3) is 0.222. The number of nitrogen functional groups attached to an aromatic ring is 1. The predicted molar refractivity (Wildman–Crippen MR) is 88.2 cm³/mol. The summed E-state index contributed by atoms with van der Waals surface area (Å²) in [5, 5.41) is 9.15. The fourth-order valence-electron chi connectivity index (χ4n) is 2.74. The van der Waals surface area contributed by atoms with Crippen LogP contribution in [-0.4, -0.2) is 12.0 Å². The van der Waals surface area contributed by atoms with E-state index in [2.05, 4.69) is 0 Å². The molecule has 2 N–H and O–H groups in total. The van der Waals surface area contributed by atoms with E-state index >= 15 is 0 Å². The molecule has 0 fully saturated rings. The molecule has 2 aromatic carbocycles. The molecule has 0 bridgehead atoms. The smallest absolute Gasteiger partial charge is 0.268 e. The van der Waals surface area contributed by atoms with Crippen molar-refractivity contribution in [2.75, 3.05) is 10.6 Å². The van der Waals surface area contributed by atoms with Gasteiger partial charge in [0, 0.05) is 11.6 Å². The molecule has 7 heteroatoms. The van der Waals surface area contributed by atoms with Crippen molar-refractivity contribution in [1.82, 2.24) is 0 Å². The molecule has 2 aromatic rings. The molecule has 3 rings (SSSR count). The summed E-state index contributed by atoms with van der Waals surface area (Å²) < 4.78 is 31.3. The highest BCUT2D eigenvalue weighted by Crippen LogP contribution is 2.38. The number of alkyl halides is 2. The highest BCUT2D eigenvalue weighted by molar-refractivity contribution is 6.00. The number of halogens is 2. The summed E-state index contributed by atoms with van der Waals surface area (Å²) in [5.41, 5.74) is 7.11. The van der Waals surface area contributed by atoms with Crippen LogP contribution < -0.4 is 15.4 Å². The lowest BCUT2D eigenvalue weighted by molar-refractivity contribution is -0.125. The first-order valence-corrected chi connectivity index (χ1v) is 7.59. The van der Waals surface area contributed by atoms with Crippen molar-refractivity contribution in [3.8, 4) is 11.8 Å². The molecule has 1 aliphatic heterocycles. The number of amides is 1. The number of carbonyl (C=O) groups is 1. The van der Waals surface area contributed by atoms with Gasteiger partial charge >= 0.3 is 0 Å². The van der Waals surface area contributed by atoms with Crippen molar-refractivity contribution < 1.29 is 18.3 Å². The molecule has 0 spiro atoms. The molecule has 25 heavy (non-hydrogen) atoms. The van der Waals surface area contributed by atoms with E-state index in [-0.39, 0.29) is 29.3 Å². The maximum atomic E-state index is 12.9. The largest absolute Gasteiger partial charge is 0.479 e. The molecule has 0 unspecified atom stereocenters. The molecule has 0 aliphatic carbocycles. The van der Waals surface area contributed by atoms with Crippen LogP contribution in [0.5, 0.6) is 5.75 Å². The van der Waals surface area contributed by atoms with Crippen LogP contribution in [0.1, 0.15) is 30.0 Å². The maximum absolute atomic E-state index is 12.9. The van der Waals surface area contributed by atoms with Gasteiger partial charge in [0.2, 0.25) is 0 Å². The van der Waals surface area contributed by atoms with Gasteiger partial charge in [0.05, 0.1) is 23.5 Å². The molecule has 5 nitrogen and oxygen atoms in total. The monoisotopic (exact) mass is 343 g/mol. The summed E-state index contributed by atoms with van der Waals surface area (Å²) in [6.45, 7) is 1.69. The van der Waals surface area contributed by atoms with Gasteiger partial charge in [-0.25, -0.2) is 8.78 Å². The van der Waals surface area contributed by atoms with Gasteiger partial charge in [0.1, 0.15) is 11.8 Å². The van der Waals surface area contributed by atoms with E-state index in [0.29, 0.717) is 17.0 Å². The standard InChI is InChI=1S/C18H15F2N3O2/c1-10-18(24)23(9-11-3-2-4-12(5-11)17(19)20)15-6-13(8-21)14(22)7-16(15)25-10/h2-7,10,17H,9,22H2,1H3/t10-/m1/s1. The third-order valence-electron chi connectivity index (χ3n) is 4.00. The van der Waals surface area contributed by atoms with Gasteiger partial charge in [-0.15, -0.1) is 0 Å². The summed E-state index contributed by atoms with van der Waals surface area (Å²) >= 11 is 0. The second-order valence-corrected chi connectivity index (χ2v) is 5.75. The third-order valence-corrected chi connectivity index (χ3v) is 4.00. The van der Waals surface area contributed by atoms with E-state index in [0.717, 1.165) is 0 Å². The highest BCUT2D eigenvalue weighted by Gasteiger charge is 2.32. The third kappa shape index (κ3) is 3.11. The van der Waals surface area contributed by atoms with Crippen LogP contribution in [0.25, 0.3) is 0 Å². The minimum Gasteiger partial charge on any atom is -0.479 e. The lowest BCUT2D eigenvalue weighted by Gasteiger charge is -2.33. The zero-order chi connectivity index (χ0) is 18.1. The Labute approximate surface area is 143 Å². The number of nitriles is 1. The van der Waals surface area contributed by atoms with Crippen molar-refractivity contribution in [3.05, 3.63) is 53.1 Å². The highest BCUT2D eigenvalue weighted by atomic mass is 19.3. The van der Waals surface area contributed by atoms with Crippen LogP contribution in [-0.2, 0) is 11.3 Å². The zero-order valence-electron chi connectivity index (χ0n) is 13.4. The normalized spacial score (nSPS) is 16.4. The molecule has 1 heterocycles. The van der Waals surface area contributed by atoms with E-state index in [1.165, 1.54) is 35.2 Å². The second-order valence-electron chi connectivity index (χ2n) is 5.75. The fourth-order valence-corrected chi connectivity index (χ4v) is 2.74. The molecule has 128 valence electrons. The van der Waals surface area contributed by atoms with Gasteiger partial charge in [-0.2, -0.15) is 5.26 Å². The summed E-state index contributed by atoms with van der Waals surface area (Å²) in [4.78, 5) is 14.0. The van der Waals surface area contributed by atoms with Gasteiger partial charge in [0.15, 0.2) is 6.10 Å². The number of anilines is 2. The van der Waals surface area contributed by atoms with E-state index in [4.69, 9.17) is 15.7 Å². The lowest BCUT2D eigenvalue weighted by Crippen LogP contribution is -2.44. The topological polar surface area (TPSA) is 79.3 Å². The Morgan fingerprint density at radius 2 is 2.12 bits per heavy atom. The first kappa shape index (κ1) is 16.7. The number of hydrogen-bond donors (Lipinski definition) is 1. The lowest BCUT2D eigenvalue weighted by atomic mass is 10.1. The van der Waals surface area contributed by atoms with Crippen molar-refractivity contribution in [1.29, 1.82) is 5.26 Å². The molecule has 1 atom stereocenters. The second kappa shape index (κ2) is 6.40. The van der Waals surface area contributed by atoms with E-state index in [9.17, 15) is 13.6 Å².